The molecule has 0 spiro atoms. The molecule has 5 aliphatic carbocycles. The number of hydrogen-bond acceptors (Lipinski definition) is 7. The Morgan fingerprint density at radius 1 is 0.911 bits per heavy atom. The van der Waals surface area contributed by atoms with Crippen molar-refractivity contribution in [3.05, 3.63) is 51.6 Å². The van der Waals surface area contributed by atoms with Crippen LogP contribution in [0.3, 0.4) is 0 Å². The van der Waals surface area contributed by atoms with Crippen molar-refractivity contribution in [1.82, 2.24) is 0 Å². The maximum atomic E-state index is 14.2. The van der Waals surface area contributed by atoms with Crippen molar-refractivity contribution in [3.63, 3.8) is 0 Å². The summed E-state index contributed by atoms with van der Waals surface area (Å²) in [4.78, 5) is 24.9. The van der Waals surface area contributed by atoms with Crippen LogP contribution in [0.2, 0.25) is 0 Å². The number of allylic oxidation sites excluding steroid dienone is 2. The van der Waals surface area contributed by atoms with Crippen molar-refractivity contribution in [2.75, 3.05) is 0 Å². The molecule has 0 aliphatic heterocycles. The molecule has 1 aromatic carbocycles. The second kappa shape index (κ2) is 10.4. The normalized spacial score (nSPS) is 44.7. The van der Waals surface area contributed by atoms with E-state index >= 15 is 0 Å². The van der Waals surface area contributed by atoms with Crippen LogP contribution in [0.15, 0.2) is 35.9 Å². The fraction of sp³-hybridized carbons (Fsp3) is 0.757. The summed E-state index contributed by atoms with van der Waals surface area (Å²) < 4.78 is 6.07. The number of ether oxygens (including phenoxy) is 1. The number of carbonyl (C=O) groups is 1. The number of nitro benzene ring substituents is 1. The lowest BCUT2D eigenvalue weighted by molar-refractivity contribution is -0.384. The summed E-state index contributed by atoms with van der Waals surface area (Å²) in [5.41, 5.74) is 0.158. The zero-order valence-corrected chi connectivity index (χ0v) is 28.1. The van der Waals surface area contributed by atoms with Crippen molar-refractivity contribution in [2.24, 2.45) is 50.2 Å². The van der Waals surface area contributed by atoms with E-state index in [0.717, 1.165) is 56.9 Å². The Hall–Kier alpha value is -2.29. The molecule has 0 bridgehead atoms. The number of aliphatic hydroxyl groups excluding tert-OH is 3. The molecule has 0 amide bonds. The van der Waals surface area contributed by atoms with Crippen molar-refractivity contribution >= 4 is 11.7 Å². The maximum Gasteiger partial charge on any atom is 0.313 e. The van der Waals surface area contributed by atoms with E-state index in [4.69, 9.17) is 4.74 Å². The van der Waals surface area contributed by atoms with Crippen molar-refractivity contribution < 1.29 is 29.8 Å². The Morgan fingerprint density at radius 3 is 2.20 bits per heavy atom. The Balaban J connectivity index is 1.35. The molecule has 0 heterocycles. The van der Waals surface area contributed by atoms with E-state index in [1.807, 2.05) is 13.8 Å². The van der Waals surface area contributed by atoms with Gasteiger partial charge in [-0.05, 0) is 108 Å². The standard InChI is InChI=1S/C37H53NO7/c1-32(2)16-18-37(31(42)45-21-22-8-10-23(11-9-22)38(43)44)19-17-34(5)24(25(37)20-32)12-13-27-35(34,6)15-14-26-33(3,4)29(40)28(39)30(41)36(26,27)7/h8-12,25-30,39-41H,13-21H2,1-7H3/t25-,26-,27-,28+,29-,30-,34+,35+,36-,37-/m0/s1. The average Bonchev–Trinajstić information content (AvgIpc) is 2.98. The smallest absolute Gasteiger partial charge is 0.313 e. The van der Waals surface area contributed by atoms with Crippen LogP contribution in [0.5, 0.6) is 0 Å². The van der Waals surface area contributed by atoms with Gasteiger partial charge in [0.25, 0.3) is 5.69 Å². The first-order valence-electron chi connectivity index (χ1n) is 17.0. The van der Waals surface area contributed by atoms with Gasteiger partial charge in [-0.3, -0.25) is 14.9 Å². The van der Waals surface area contributed by atoms with Gasteiger partial charge in [-0.25, -0.2) is 0 Å². The molecule has 8 nitrogen and oxygen atoms in total. The second-order valence-corrected chi connectivity index (χ2v) is 17.4. The quantitative estimate of drug-likeness (QED) is 0.147. The van der Waals surface area contributed by atoms with E-state index in [2.05, 4.69) is 40.7 Å². The SMILES string of the molecule is CC1(C)CC[C@]2(C(=O)OCc3ccc([N+](=O)[O-])cc3)CC[C@]3(C)C(=CC[C@@H]4[C@@]5(C)[C@@H](O)[C@H](O)[C@H](O)C(C)(C)[C@@H]5CC[C@]43C)[C@@H]2C1. The maximum absolute atomic E-state index is 14.2. The monoisotopic (exact) mass is 623 g/mol. The van der Waals surface area contributed by atoms with Crippen molar-refractivity contribution in [2.45, 2.75) is 125 Å². The van der Waals surface area contributed by atoms with Crippen molar-refractivity contribution in [1.29, 1.82) is 0 Å². The lowest BCUT2D eigenvalue weighted by Crippen LogP contribution is -2.72. The highest BCUT2D eigenvalue weighted by atomic mass is 16.6. The summed E-state index contributed by atoms with van der Waals surface area (Å²) in [6, 6.07) is 6.20. The number of nitro groups is 1. The zero-order valence-electron chi connectivity index (χ0n) is 28.1. The lowest BCUT2D eigenvalue weighted by atomic mass is 9.33. The second-order valence-electron chi connectivity index (χ2n) is 17.4. The summed E-state index contributed by atoms with van der Waals surface area (Å²) >= 11 is 0. The summed E-state index contributed by atoms with van der Waals surface area (Å²) in [7, 11) is 0. The van der Waals surface area contributed by atoms with Gasteiger partial charge >= 0.3 is 5.97 Å². The molecule has 6 rings (SSSR count). The molecule has 1 aromatic rings. The average molecular weight is 624 g/mol. The Labute approximate surface area is 267 Å². The van der Waals surface area contributed by atoms with Gasteiger partial charge in [0.15, 0.2) is 0 Å². The van der Waals surface area contributed by atoms with E-state index in [0.29, 0.717) is 0 Å². The minimum absolute atomic E-state index is 0.0127. The van der Waals surface area contributed by atoms with Gasteiger partial charge < -0.3 is 20.1 Å². The van der Waals surface area contributed by atoms with Gasteiger partial charge in [-0.15, -0.1) is 0 Å². The third-order valence-electron chi connectivity index (χ3n) is 14.7. The number of fused-ring (bicyclic) bond motifs is 7. The topological polar surface area (TPSA) is 130 Å². The van der Waals surface area contributed by atoms with E-state index < -0.39 is 39.5 Å². The van der Waals surface area contributed by atoms with Crippen LogP contribution in [-0.4, -0.2) is 44.5 Å². The van der Waals surface area contributed by atoms with Crippen LogP contribution in [0.25, 0.3) is 0 Å². The van der Waals surface area contributed by atoms with Crippen LogP contribution < -0.4 is 0 Å². The number of esters is 1. The number of nitrogens with zero attached hydrogens (tertiary/aromatic N) is 1. The summed E-state index contributed by atoms with van der Waals surface area (Å²) in [6.45, 7) is 15.8. The van der Waals surface area contributed by atoms with Crippen molar-refractivity contribution in [3.8, 4) is 0 Å². The number of hydrogen-bond donors (Lipinski definition) is 3. The van der Waals surface area contributed by atoms with E-state index in [1.54, 1.807) is 12.1 Å². The molecule has 4 fully saturated rings. The van der Waals surface area contributed by atoms with Crippen LogP contribution in [0, 0.1) is 60.4 Å². The van der Waals surface area contributed by atoms with Gasteiger partial charge in [-0.2, -0.15) is 0 Å². The Kier molecular flexibility index (Phi) is 7.51. The Bertz CT molecular complexity index is 1400. The molecule has 10 atom stereocenters. The summed E-state index contributed by atoms with van der Waals surface area (Å²) in [5.74, 6) is 0.0782. The first-order valence-corrected chi connectivity index (χ1v) is 17.0. The van der Waals surface area contributed by atoms with Gasteiger partial charge in [0.2, 0.25) is 0 Å². The molecule has 8 heteroatoms. The van der Waals surface area contributed by atoms with Gasteiger partial charge in [-0.1, -0.05) is 60.1 Å². The van der Waals surface area contributed by atoms with E-state index in [1.165, 1.54) is 17.7 Å². The Morgan fingerprint density at radius 2 is 1.56 bits per heavy atom. The molecule has 45 heavy (non-hydrogen) atoms. The van der Waals surface area contributed by atoms with Gasteiger partial charge in [0.05, 0.1) is 22.5 Å². The highest BCUT2D eigenvalue weighted by Gasteiger charge is 2.72. The number of non-ortho nitro benzene ring substituents is 1. The number of aliphatic hydroxyl groups is 3. The predicted octanol–water partition coefficient (Wildman–Crippen LogP) is 6.74. The number of rotatable bonds is 4. The number of carbonyl (C=O) groups excluding carboxylic acids is 1. The van der Waals surface area contributed by atoms with E-state index in [9.17, 15) is 30.2 Å². The van der Waals surface area contributed by atoms with E-state index in [-0.39, 0.29) is 52.3 Å². The highest BCUT2D eigenvalue weighted by molar-refractivity contribution is 5.79. The predicted molar refractivity (Wildman–Crippen MR) is 171 cm³/mol. The third-order valence-corrected chi connectivity index (χ3v) is 14.7. The highest BCUT2D eigenvalue weighted by Crippen LogP contribution is 2.75. The van der Waals surface area contributed by atoms with Gasteiger partial charge in [0.1, 0.15) is 12.7 Å². The molecule has 0 radical (unpaired) electrons. The third kappa shape index (κ3) is 4.44. The molecule has 5 aliphatic rings. The molecular weight excluding hydrogens is 570 g/mol. The first kappa shape index (κ1) is 32.6. The molecular formula is C37H53NO7. The van der Waals surface area contributed by atoms with Gasteiger partial charge in [0, 0.05) is 17.5 Å². The van der Waals surface area contributed by atoms with Crippen LogP contribution in [-0.2, 0) is 16.1 Å². The minimum Gasteiger partial charge on any atom is -0.460 e. The summed E-state index contributed by atoms with van der Waals surface area (Å²) in [6.07, 6.45) is 6.05. The largest absolute Gasteiger partial charge is 0.460 e. The van der Waals surface area contributed by atoms with Crippen LogP contribution in [0.1, 0.15) is 105 Å². The lowest BCUT2D eigenvalue weighted by Gasteiger charge is -2.72. The molecule has 248 valence electrons. The zero-order chi connectivity index (χ0) is 33.0. The summed E-state index contributed by atoms with van der Waals surface area (Å²) in [5, 5.41) is 45.0. The van der Waals surface area contributed by atoms with Crippen LogP contribution >= 0.6 is 0 Å². The fourth-order valence-electron chi connectivity index (χ4n) is 11.7. The molecule has 0 unspecified atom stereocenters. The fourth-order valence-corrected chi connectivity index (χ4v) is 11.7. The molecule has 0 aromatic heterocycles. The molecule has 4 saturated carbocycles. The molecule has 3 N–H and O–H groups in total. The molecule has 0 saturated heterocycles. The minimum atomic E-state index is -1.19. The van der Waals surface area contributed by atoms with Crippen LogP contribution in [0.4, 0.5) is 5.69 Å². The number of benzene rings is 1. The first-order chi connectivity index (χ1) is 20.8.